The second kappa shape index (κ2) is 7.43. The van der Waals surface area contributed by atoms with Crippen LogP contribution in [-0.4, -0.2) is 26.8 Å². The number of aromatic nitrogens is 2. The van der Waals surface area contributed by atoms with Crippen molar-refractivity contribution in [3.8, 4) is 16.9 Å². The number of nitrogens with zero attached hydrogens (tertiary/aromatic N) is 4. The molecule has 140 valence electrons. The Bertz CT molecular complexity index is 1040. The van der Waals surface area contributed by atoms with Gasteiger partial charge in [-0.1, -0.05) is 18.2 Å². The zero-order chi connectivity index (χ0) is 19.5. The monoisotopic (exact) mass is 375 g/mol. The van der Waals surface area contributed by atoms with E-state index >= 15 is 0 Å². The lowest BCUT2D eigenvalue weighted by molar-refractivity contribution is -0.384. The van der Waals surface area contributed by atoms with Crippen LogP contribution in [0.4, 0.5) is 5.69 Å². The summed E-state index contributed by atoms with van der Waals surface area (Å²) in [6.07, 6.45) is 5.16. The summed E-state index contributed by atoms with van der Waals surface area (Å²) in [4.78, 5) is 22.2. The molecule has 0 saturated heterocycles. The van der Waals surface area contributed by atoms with Gasteiger partial charge in [0.1, 0.15) is 5.69 Å². The largest absolute Gasteiger partial charge is 0.273 e. The topological polar surface area (TPSA) is 102 Å². The van der Waals surface area contributed by atoms with E-state index in [1.807, 2.05) is 30.3 Å². The van der Waals surface area contributed by atoms with E-state index in [2.05, 4.69) is 15.6 Å². The van der Waals surface area contributed by atoms with E-state index in [-0.39, 0.29) is 17.5 Å². The molecule has 1 heterocycles. The molecule has 0 spiro atoms. The first-order chi connectivity index (χ1) is 13.6. The number of hydrazone groups is 1. The zero-order valence-electron chi connectivity index (χ0n) is 14.9. The van der Waals surface area contributed by atoms with Gasteiger partial charge in [-0.3, -0.25) is 14.9 Å². The van der Waals surface area contributed by atoms with Gasteiger partial charge in [-0.25, -0.2) is 10.1 Å². The number of hydrogen-bond acceptors (Lipinski definition) is 5. The van der Waals surface area contributed by atoms with E-state index in [0.29, 0.717) is 11.3 Å². The third-order valence-corrected chi connectivity index (χ3v) is 4.44. The molecule has 1 fully saturated rings. The van der Waals surface area contributed by atoms with Crippen LogP contribution in [-0.2, 0) is 4.79 Å². The summed E-state index contributed by atoms with van der Waals surface area (Å²) in [5.41, 5.74) is 5.45. The van der Waals surface area contributed by atoms with E-state index in [0.717, 1.165) is 24.1 Å². The molecule has 1 aliphatic rings. The van der Waals surface area contributed by atoms with Crippen molar-refractivity contribution < 1.29 is 9.72 Å². The summed E-state index contributed by atoms with van der Waals surface area (Å²) < 4.78 is 1.71. The molecule has 8 heteroatoms. The maximum atomic E-state index is 11.8. The van der Waals surface area contributed by atoms with Crippen LogP contribution in [0.25, 0.3) is 16.9 Å². The highest BCUT2D eigenvalue weighted by Crippen LogP contribution is 2.29. The molecule has 0 radical (unpaired) electrons. The number of nitro benzene ring substituents is 1. The summed E-state index contributed by atoms with van der Waals surface area (Å²) in [7, 11) is 0. The number of para-hydroxylation sites is 1. The Morgan fingerprint density at radius 2 is 1.89 bits per heavy atom. The fourth-order valence-electron chi connectivity index (χ4n) is 2.76. The quantitative estimate of drug-likeness (QED) is 0.405. The second-order valence-corrected chi connectivity index (χ2v) is 6.53. The lowest BCUT2D eigenvalue weighted by atomic mass is 10.1. The van der Waals surface area contributed by atoms with Crippen LogP contribution in [0.2, 0.25) is 0 Å². The maximum absolute atomic E-state index is 11.8. The molecule has 8 nitrogen and oxygen atoms in total. The van der Waals surface area contributed by atoms with Gasteiger partial charge in [-0.2, -0.15) is 10.2 Å². The predicted molar refractivity (Wildman–Crippen MR) is 104 cm³/mol. The first-order valence-corrected chi connectivity index (χ1v) is 8.84. The summed E-state index contributed by atoms with van der Waals surface area (Å²) in [5.74, 6) is -0.0121. The molecule has 0 bridgehead atoms. The van der Waals surface area contributed by atoms with Crippen molar-refractivity contribution in [2.45, 2.75) is 12.8 Å². The number of rotatable bonds is 6. The van der Waals surface area contributed by atoms with E-state index < -0.39 is 4.92 Å². The van der Waals surface area contributed by atoms with Crippen LogP contribution >= 0.6 is 0 Å². The van der Waals surface area contributed by atoms with Crippen LogP contribution in [0.15, 0.2) is 65.9 Å². The van der Waals surface area contributed by atoms with Crippen LogP contribution in [0.5, 0.6) is 0 Å². The third kappa shape index (κ3) is 3.80. The molecular formula is C20H17N5O3. The lowest BCUT2D eigenvalue weighted by Crippen LogP contribution is -2.18. The number of carbonyl (C=O) groups excluding carboxylic acids is 1. The molecule has 4 rings (SSSR count). The first kappa shape index (κ1) is 17.6. The summed E-state index contributed by atoms with van der Waals surface area (Å²) in [5, 5.41) is 19.6. The molecule has 0 unspecified atom stereocenters. The highest BCUT2D eigenvalue weighted by Gasteiger charge is 2.29. The number of benzene rings is 2. The van der Waals surface area contributed by atoms with Crippen LogP contribution in [0, 0.1) is 16.0 Å². The van der Waals surface area contributed by atoms with Gasteiger partial charge in [0.2, 0.25) is 5.91 Å². The Kier molecular flexibility index (Phi) is 4.67. The summed E-state index contributed by atoms with van der Waals surface area (Å²) in [6, 6.07) is 15.7. The van der Waals surface area contributed by atoms with E-state index in [9.17, 15) is 14.9 Å². The second-order valence-electron chi connectivity index (χ2n) is 6.53. The maximum Gasteiger partial charge on any atom is 0.269 e. The molecule has 1 aromatic heterocycles. The molecule has 0 atom stereocenters. The zero-order valence-corrected chi connectivity index (χ0v) is 14.9. The van der Waals surface area contributed by atoms with Crippen LogP contribution in [0.3, 0.4) is 0 Å². The first-order valence-electron chi connectivity index (χ1n) is 8.84. The van der Waals surface area contributed by atoms with Crippen molar-refractivity contribution >= 4 is 17.8 Å². The van der Waals surface area contributed by atoms with Gasteiger partial charge in [0.15, 0.2) is 0 Å². The van der Waals surface area contributed by atoms with Crippen molar-refractivity contribution in [1.29, 1.82) is 0 Å². The number of nitro groups is 1. The van der Waals surface area contributed by atoms with E-state index in [1.54, 1.807) is 29.2 Å². The van der Waals surface area contributed by atoms with Gasteiger partial charge < -0.3 is 0 Å². The Labute approximate surface area is 160 Å². The Morgan fingerprint density at radius 1 is 1.18 bits per heavy atom. The standard InChI is InChI=1S/C20H17N5O3/c26-20(15-6-7-15)22-21-12-16-13-24(17-4-2-1-3-5-17)23-19(16)14-8-10-18(11-9-14)25(27)28/h1-5,8-13,15H,6-7H2,(H,22,26)/b21-12+. The number of non-ortho nitro benzene ring substituents is 1. The molecule has 2 aromatic carbocycles. The normalized spacial score (nSPS) is 13.6. The minimum atomic E-state index is -0.442. The SMILES string of the molecule is O=C(N/N=C/c1cn(-c2ccccc2)nc1-c1ccc([N+](=O)[O-])cc1)C1CC1. The summed E-state index contributed by atoms with van der Waals surface area (Å²) >= 11 is 0. The number of nitrogens with one attached hydrogen (secondary N) is 1. The Balaban J connectivity index is 1.67. The van der Waals surface area contributed by atoms with Gasteiger partial charge in [-0.15, -0.1) is 0 Å². The number of carbonyl (C=O) groups is 1. The average Bonchev–Trinajstić information content (AvgIpc) is 3.49. The van der Waals surface area contributed by atoms with Crippen LogP contribution < -0.4 is 5.43 Å². The Morgan fingerprint density at radius 3 is 2.54 bits per heavy atom. The van der Waals surface area contributed by atoms with E-state index in [4.69, 9.17) is 0 Å². The fourth-order valence-corrected chi connectivity index (χ4v) is 2.76. The molecule has 1 saturated carbocycles. The minimum absolute atomic E-state index is 0.0122. The predicted octanol–water partition coefficient (Wildman–Crippen LogP) is 3.31. The lowest BCUT2D eigenvalue weighted by Gasteiger charge is -2.00. The van der Waals surface area contributed by atoms with Gasteiger partial charge in [0.05, 0.1) is 16.8 Å². The molecule has 28 heavy (non-hydrogen) atoms. The van der Waals surface area contributed by atoms with Crippen molar-refractivity contribution in [2.24, 2.45) is 11.0 Å². The Hall–Kier alpha value is -3.81. The average molecular weight is 375 g/mol. The molecule has 1 aliphatic carbocycles. The molecule has 1 amide bonds. The molecular weight excluding hydrogens is 358 g/mol. The van der Waals surface area contributed by atoms with Gasteiger partial charge in [0, 0.05) is 35.4 Å². The van der Waals surface area contributed by atoms with Gasteiger partial charge >= 0.3 is 0 Å². The van der Waals surface area contributed by atoms with E-state index in [1.165, 1.54) is 12.1 Å². The molecule has 3 aromatic rings. The number of hydrogen-bond donors (Lipinski definition) is 1. The van der Waals surface area contributed by atoms with Gasteiger partial charge in [-0.05, 0) is 37.1 Å². The fraction of sp³-hybridized carbons (Fsp3) is 0.150. The third-order valence-electron chi connectivity index (χ3n) is 4.44. The summed E-state index contributed by atoms with van der Waals surface area (Å²) in [6.45, 7) is 0. The molecule has 1 N–H and O–H groups in total. The van der Waals surface area contributed by atoms with Crippen molar-refractivity contribution in [3.63, 3.8) is 0 Å². The van der Waals surface area contributed by atoms with Crippen molar-refractivity contribution in [2.75, 3.05) is 0 Å². The van der Waals surface area contributed by atoms with Gasteiger partial charge in [0.25, 0.3) is 5.69 Å². The highest BCUT2D eigenvalue weighted by atomic mass is 16.6. The number of amides is 1. The molecule has 0 aliphatic heterocycles. The van der Waals surface area contributed by atoms with Crippen molar-refractivity contribution in [3.05, 3.63) is 76.5 Å². The van der Waals surface area contributed by atoms with Crippen molar-refractivity contribution in [1.82, 2.24) is 15.2 Å². The van der Waals surface area contributed by atoms with Crippen LogP contribution in [0.1, 0.15) is 18.4 Å². The smallest absolute Gasteiger partial charge is 0.269 e. The minimum Gasteiger partial charge on any atom is -0.273 e. The highest BCUT2D eigenvalue weighted by molar-refractivity contribution is 5.90.